The van der Waals surface area contributed by atoms with Crippen LogP contribution in [0.4, 0.5) is 0 Å². The van der Waals surface area contributed by atoms with Crippen molar-refractivity contribution in [2.45, 2.75) is 26.3 Å². The van der Waals surface area contributed by atoms with Gasteiger partial charge in [0.2, 0.25) is 0 Å². The van der Waals surface area contributed by atoms with Gasteiger partial charge in [0.25, 0.3) is 0 Å². The van der Waals surface area contributed by atoms with Gasteiger partial charge in [0, 0.05) is 36.7 Å². The SMILES string of the molecule is CCCN1CCC(CNC(=NC)NCc2ccc(Cl)cc2Cl)C1. The molecule has 1 atom stereocenters. The summed E-state index contributed by atoms with van der Waals surface area (Å²) < 4.78 is 0. The molecule has 0 amide bonds. The molecule has 1 aliphatic heterocycles. The fourth-order valence-electron chi connectivity index (χ4n) is 2.90. The second-order valence-electron chi connectivity index (χ2n) is 6.00. The van der Waals surface area contributed by atoms with Crippen molar-refractivity contribution in [3.63, 3.8) is 0 Å². The Hall–Kier alpha value is -0.970. The van der Waals surface area contributed by atoms with Crippen LogP contribution in [-0.2, 0) is 6.54 Å². The first-order valence-electron chi connectivity index (χ1n) is 8.23. The summed E-state index contributed by atoms with van der Waals surface area (Å²) in [6.07, 6.45) is 2.48. The van der Waals surface area contributed by atoms with Crippen LogP contribution >= 0.6 is 23.2 Å². The molecule has 2 rings (SSSR count). The molecule has 2 N–H and O–H groups in total. The van der Waals surface area contributed by atoms with E-state index in [2.05, 4.69) is 27.4 Å². The number of hydrogen-bond donors (Lipinski definition) is 2. The molecule has 0 spiro atoms. The molecule has 1 fully saturated rings. The van der Waals surface area contributed by atoms with Crippen molar-refractivity contribution in [1.29, 1.82) is 0 Å². The summed E-state index contributed by atoms with van der Waals surface area (Å²) in [6, 6.07) is 5.54. The van der Waals surface area contributed by atoms with Crippen molar-refractivity contribution in [2.75, 3.05) is 33.2 Å². The average Bonchev–Trinajstić information content (AvgIpc) is 2.97. The Morgan fingerprint density at radius 2 is 2.17 bits per heavy atom. The van der Waals surface area contributed by atoms with E-state index >= 15 is 0 Å². The molecule has 1 unspecified atom stereocenters. The highest BCUT2D eigenvalue weighted by Gasteiger charge is 2.21. The Morgan fingerprint density at radius 1 is 1.35 bits per heavy atom. The standard InChI is InChI=1S/C17H26Cl2N4/c1-3-7-23-8-6-13(12-23)10-21-17(20-2)22-11-14-4-5-15(18)9-16(14)19/h4-5,9,13H,3,6-8,10-12H2,1-2H3,(H2,20,21,22). The van der Waals surface area contributed by atoms with E-state index in [1.807, 2.05) is 12.1 Å². The third-order valence-electron chi connectivity index (χ3n) is 4.15. The second-order valence-corrected chi connectivity index (χ2v) is 6.84. The van der Waals surface area contributed by atoms with E-state index in [0.29, 0.717) is 22.5 Å². The number of aliphatic imine (C=N–C) groups is 1. The van der Waals surface area contributed by atoms with E-state index in [9.17, 15) is 0 Å². The Kier molecular flexibility index (Phi) is 7.47. The van der Waals surface area contributed by atoms with Crippen molar-refractivity contribution in [2.24, 2.45) is 10.9 Å². The van der Waals surface area contributed by atoms with Crippen LogP contribution in [0.1, 0.15) is 25.3 Å². The summed E-state index contributed by atoms with van der Waals surface area (Å²) in [4.78, 5) is 6.82. The molecule has 6 heteroatoms. The zero-order valence-electron chi connectivity index (χ0n) is 13.9. The molecule has 1 aromatic rings. The maximum absolute atomic E-state index is 6.19. The lowest BCUT2D eigenvalue weighted by molar-refractivity contribution is 0.324. The average molecular weight is 357 g/mol. The highest BCUT2D eigenvalue weighted by molar-refractivity contribution is 6.35. The zero-order valence-corrected chi connectivity index (χ0v) is 15.4. The van der Waals surface area contributed by atoms with E-state index in [1.54, 1.807) is 13.1 Å². The number of nitrogens with one attached hydrogen (secondary N) is 2. The first-order valence-corrected chi connectivity index (χ1v) is 8.98. The molecule has 0 radical (unpaired) electrons. The molecular weight excluding hydrogens is 331 g/mol. The summed E-state index contributed by atoms with van der Waals surface area (Å²) in [5.41, 5.74) is 1.01. The third-order valence-corrected chi connectivity index (χ3v) is 4.74. The first-order chi connectivity index (χ1) is 11.1. The summed E-state index contributed by atoms with van der Waals surface area (Å²) in [5.74, 6) is 1.50. The molecule has 0 saturated carbocycles. The van der Waals surface area contributed by atoms with E-state index in [-0.39, 0.29) is 0 Å². The number of guanidine groups is 1. The van der Waals surface area contributed by atoms with Gasteiger partial charge in [-0.25, -0.2) is 0 Å². The van der Waals surface area contributed by atoms with Gasteiger partial charge in [-0.1, -0.05) is 36.2 Å². The lowest BCUT2D eigenvalue weighted by atomic mass is 10.1. The van der Waals surface area contributed by atoms with Gasteiger partial charge in [-0.2, -0.15) is 0 Å². The van der Waals surface area contributed by atoms with E-state index in [0.717, 1.165) is 18.1 Å². The molecule has 1 heterocycles. The van der Waals surface area contributed by atoms with Crippen LogP contribution in [-0.4, -0.2) is 44.1 Å². The van der Waals surface area contributed by atoms with Gasteiger partial charge in [0.1, 0.15) is 0 Å². The van der Waals surface area contributed by atoms with Gasteiger partial charge in [-0.15, -0.1) is 0 Å². The number of nitrogens with zero attached hydrogens (tertiary/aromatic N) is 2. The molecular formula is C17H26Cl2N4. The first kappa shape index (κ1) is 18.4. The summed E-state index contributed by atoms with van der Waals surface area (Å²) >= 11 is 12.1. The monoisotopic (exact) mass is 356 g/mol. The van der Waals surface area contributed by atoms with Crippen LogP contribution in [0.25, 0.3) is 0 Å². The van der Waals surface area contributed by atoms with Crippen molar-refractivity contribution in [3.05, 3.63) is 33.8 Å². The molecule has 0 aromatic heterocycles. The van der Waals surface area contributed by atoms with Crippen molar-refractivity contribution >= 4 is 29.2 Å². The second kappa shape index (κ2) is 9.36. The molecule has 4 nitrogen and oxygen atoms in total. The normalized spacial score (nSPS) is 19.1. The fourth-order valence-corrected chi connectivity index (χ4v) is 3.38. The minimum absolute atomic E-state index is 0.627. The van der Waals surface area contributed by atoms with Crippen molar-refractivity contribution < 1.29 is 0 Å². The lowest BCUT2D eigenvalue weighted by Crippen LogP contribution is -2.40. The quantitative estimate of drug-likeness (QED) is 0.606. The highest BCUT2D eigenvalue weighted by Crippen LogP contribution is 2.20. The van der Waals surface area contributed by atoms with Crippen LogP contribution in [0, 0.1) is 5.92 Å². The van der Waals surface area contributed by atoms with Crippen LogP contribution in [0.3, 0.4) is 0 Å². The Morgan fingerprint density at radius 3 is 2.87 bits per heavy atom. The summed E-state index contributed by atoms with van der Waals surface area (Å²) in [5, 5.41) is 8.05. The lowest BCUT2D eigenvalue weighted by Gasteiger charge is -2.17. The maximum Gasteiger partial charge on any atom is 0.191 e. The Balaban J connectivity index is 1.76. The van der Waals surface area contributed by atoms with E-state index in [4.69, 9.17) is 23.2 Å². The number of rotatable bonds is 6. The van der Waals surface area contributed by atoms with Gasteiger partial charge in [-0.05, 0) is 49.5 Å². The van der Waals surface area contributed by atoms with Crippen LogP contribution in [0.2, 0.25) is 10.0 Å². The fraction of sp³-hybridized carbons (Fsp3) is 0.588. The minimum Gasteiger partial charge on any atom is -0.356 e. The number of halogens is 2. The molecule has 1 aliphatic rings. The van der Waals surface area contributed by atoms with Gasteiger partial charge >= 0.3 is 0 Å². The number of benzene rings is 1. The molecule has 1 aromatic carbocycles. The molecule has 1 saturated heterocycles. The molecule has 23 heavy (non-hydrogen) atoms. The van der Waals surface area contributed by atoms with Crippen LogP contribution in [0.15, 0.2) is 23.2 Å². The maximum atomic E-state index is 6.19. The topological polar surface area (TPSA) is 39.7 Å². The molecule has 0 aliphatic carbocycles. The molecule has 0 bridgehead atoms. The Labute approximate surface area is 149 Å². The van der Waals surface area contributed by atoms with Crippen molar-refractivity contribution in [3.8, 4) is 0 Å². The number of likely N-dealkylation sites (tertiary alicyclic amines) is 1. The largest absolute Gasteiger partial charge is 0.356 e. The van der Waals surface area contributed by atoms with Gasteiger partial charge < -0.3 is 15.5 Å². The molecule has 128 valence electrons. The van der Waals surface area contributed by atoms with Gasteiger partial charge in [0.05, 0.1) is 0 Å². The zero-order chi connectivity index (χ0) is 16.7. The highest BCUT2D eigenvalue weighted by atomic mass is 35.5. The van der Waals surface area contributed by atoms with Gasteiger partial charge in [0.15, 0.2) is 5.96 Å². The van der Waals surface area contributed by atoms with Crippen LogP contribution in [0.5, 0.6) is 0 Å². The van der Waals surface area contributed by atoms with E-state index < -0.39 is 0 Å². The summed E-state index contributed by atoms with van der Waals surface area (Å²) in [6.45, 7) is 7.42. The van der Waals surface area contributed by atoms with Crippen LogP contribution < -0.4 is 10.6 Å². The minimum atomic E-state index is 0.627. The summed E-state index contributed by atoms with van der Waals surface area (Å²) in [7, 11) is 1.79. The third kappa shape index (κ3) is 5.87. The van der Waals surface area contributed by atoms with Crippen molar-refractivity contribution in [1.82, 2.24) is 15.5 Å². The van der Waals surface area contributed by atoms with Gasteiger partial charge in [-0.3, -0.25) is 4.99 Å². The number of hydrogen-bond acceptors (Lipinski definition) is 2. The van der Waals surface area contributed by atoms with E-state index in [1.165, 1.54) is 32.5 Å². The smallest absolute Gasteiger partial charge is 0.191 e. The Bertz CT molecular complexity index is 533. The predicted octanol–water partition coefficient (Wildman–Crippen LogP) is 3.39. The predicted molar refractivity (Wildman–Crippen MR) is 99.5 cm³/mol.